The van der Waals surface area contributed by atoms with Gasteiger partial charge in [-0.05, 0) is 30.9 Å². The molecule has 1 aromatic heterocycles. The van der Waals surface area contributed by atoms with Gasteiger partial charge in [0.1, 0.15) is 0 Å². The minimum atomic E-state index is 0.720. The standard InChI is InChI=1S/C17H20N4/c1-12-15(8-18-16-6-7-16)9-19-17(20-12)21-10-13-4-2-3-5-14(13)11-21/h2-5,9,16,18H,6-8,10-11H2,1H3. The number of hydrogen-bond donors (Lipinski definition) is 1. The van der Waals surface area contributed by atoms with Gasteiger partial charge >= 0.3 is 0 Å². The number of aryl methyl sites for hydroxylation is 1. The van der Waals surface area contributed by atoms with Gasteiger partial charge in [0.05, 0.1) is 0 Å². The van der Waals surface area contributed by atoms with Crippen molar-refractivity contribution in [1.82, 2.24) is 15.3 Å². The number of benzene rings is 1. The molecule has 2 aliphatic rings. The topological polar surface area (TPSA) is 41.1 Å². The number of anilines is 1. The molecule has 1 aliphatic carbocycles. The van der Waals surface area contributed by atoms with Crippen molar-refractivity contribution in [3.8, 4) is 0 Å². The van der Waals surface area contributed by atoms with E-state index in [1.807, 2.05) is 6.20 Å². The molecular weight excluding hydrogens is 260 g/mol. The Hall–Kier alpha value is -1.94. The first-order valence-electron chi connectivity index (χ1n) is 7.67. The maximum absolute atomic E-state index is 4.71. The van der Waals surface area contributed by atoms with E-state index in [1.54, 1.807) is 0 Å². The van der Waals surface area contributed by atoms with Crippen LogP contribution < -0.4 is 10.2 Å². The first kappa shape index (κ1) is 12.8. The summed E-state index contributed by atoms with van der Waals surface area (Å²) >= 11 is 0. The van der Waals surface area contributed by atoms with E-state index in [0.29, 0.717) is 0 Å². The molecular formula is C17H20N4. The summed E-state index contributed by atoms with van der Waals surface area (Å²) in [4.78, 5) is 11.5. The molecule has 4 nitrogen and oxygen atoms in total. The predicted octanol–water partition coefficient (Wildman–Crippen LogP) is 2.56. The smallest absolute Gasteiger partial charge is 0.226 e. The van der Waals surface area contributed by atoms with Crippen LogP contribution in [0.2, 0.25) is 0 Å². The molecule has 0 spiro atoms. The lowest BCUT2D eigenvalue weighted by atomic mass is 10.1. The minimum absolute atomic E-state index is 0.720. The van der Waals surface area contributed by atoms with Crippen molar-refractivity contribution in [2.24, 2.45) is 0 Å². The summed E-state index contributed by atoms with van der Waals surface area (Å²) < 4.78 is 0. The van der Waals surface area contributed by atoms with Gasteiger partial charge in [-0.25, -0.2) is 9.97 Å². The highest BCUT2D eigenvalue weighted by Gasteiger charge is 2.22. The van der Waals surface area contributed by atoms with Crippen LogP contribution in [0, 0.1) is 6.92 Å². The zero-order valence-corrected chi connectivity index (χ0v) is 12.3. The van der Waals surface area contributed by atoms with E-state index in [2.05, 4.69) is 46.4 Å². The fourth-order valence-electron chi connectivity index (χ4n) is 2.82. The molecule has 0 amide bonds. The summed E-state index contributed by atoms with van der Waals surface area (Å²) in [5.41, 5.74) is 5.07. The van der Waals surface area contributed by atoms with Crippen LogP contribution in [0.4, 0.5) is 5.95 Å². The summed E-state index contributed by atoms with van der Waals surface area (Å²) in [5, 5.41) is 3.52. The normalized spacial score (nSPS) is 17.1. The van der Waals surface area contributed by atoms with E-state index in [1.165, 1.54) is 29.5 Å². The van der Waals surface area contributed by atoms with E-state index in [4.69, 9.17) is 4.98 Å². The first-order valence-corrected chi connectivity index (χ1v) is 7.67. The zero-order valence-electron chi connectivity index (χ0n) is 12.3. The molecule has 1 aliphatic heterocycles. The molecule has 4 rings (SSSR count). The number of fused-ring (bicyclic) bond motifs is 1. The average Bonchev–Trinajstić information content (AvgIpc) is 3.22. The Morgan fingerprint density at radius 3 is 2.52 bits per heavy atom. The Bertz CT molecular complexity index is 639. The predicted molar refractivity (Wildman–Crippen MR) is 83.0 cm³/mol. The maximum Gasteiger partial charge on any atom is 0.226 e. The number of nitrogens with one attached hydrogen (secondary N) is 1. The van der Waals surface area contributed by atoms with Crippen molar-refractivity contribution in [3.63, 3.8) is 0 Å². The second kappa shape index (κ2) is 5.11. The second-order valence-electron chi connectivity index (χ2n) is 6.06. The first-order chi connectivity index (χ1) is 10.3. The molecule has 1 saturated carbocycles. The summed E-state index contributed by atoms with van der Waals surface area (Å²) in [6.07, 6.45) is 4.60. The van der Waals surface area contributed by atoms with E-state index < -0.39 is 0 Å². The van der Waals surface area contributed by atoms with Crippen LogP contribution in [0.1, 0.15) is 35.2 Å². The number of hydrogen-bond acceptors (Lipinski definition) is 4. The number of rotatable bonds is 4. The molecule has 0 atom stereocenters. The molecule has 108 valence electrons. The summed E-state index contributed by atoms with van der Waals surface area (Å²) in [6.45, 7) is 4.79. The molecule has 0 saturated heterocycles. The largest absolute Gasteiger partial charge is 0.332 e. The lowest BCUT2D eigenvalue weighted by molar-refractivity contribution is 0.677. The Morgan fingerprint density at radius 1 is 1.19 bits per heavy atom. The van der Waals surface area contributed by atoms with Crippen LogP contribution in [0.15, 0.2) is 30.5 Å². The van der Waals surface area contributed by atoms with Gasteiger partial charge in [0.25, 0.3) is 0 Å². The fraction of sp³-hybridized carbons (Fsp3) is 0.412. The highest BCUT2D eigenvalue weighted by atomic mass is 15.3. The Labute approximate surface area is 125 Å². The summed E-state index contributed by atoms with van der Waals surface area (Å²) in [6, 6.07) is 9.30. The molecule has 1 aromatic carbocycles. The van der Waals surface area contributed by atoms with Crippen LogP contribution in [-0.2, 0) is 19.6 Å². The maximum atomic E-state index is 4.71. The van der Waals surface area contributed by atoms with Gasteiger partial charge in [0.2, 0.25) is 5.95 Å². The van der Waals surface area contributed by atoms with Crippen molar-refractivity contribution < 1.29 is 0 Å². The molecule has 1 N–H and O–H groups in total. The average molecular weight is 280 g/mol. The van der Waals surface area contributed by atoms with E-state index >= 15 is 0 Å². The van der Waals surface area contributed by atoms with Crippen molar-refractivity contribution in [3.05, 3.63) is 52.8 Å². The third-order valence-electron chi connectivity index (χ3n) is 4.35. The van der Waals surface area contributed by atoms with Crippen LogP contribution in [0.5, 0.6) is 0 Å². The SMILES string of the molecule is Cc1nc(N2Cc3ccccc3C2)ncc1CNC1CC1. The number of nitrogens with zero attached hydrogens (tertiary/aromatic N) is 3. The van der Waals surface area contributed by atoms with Gasteiger partial charge in [-0.1, -0.05) is 24.3 Å². The highest BCUT2D eigenvalue weighted by molar-refractivity contribution is 5.43. The van der Waals surface area contributed by atoms with Gasteiger partial charge < -0.3 is 10.2 Å². The summed E-state index contributed by atoms with van der Waals surface area (Å²) in [5.74, 6) is 0.846. The molecule has 4 heteroatoms. The molecule has 0 radical (unpaired) electrons. The molecule has 0 bridgehead atoms. The van der Waals surface area contributed by atoms with Crippen LogP contribution in [0.3, 0.4) is 0 Å². The van der Waals surface area contributed by atoms with Gasteiger partial charge in [0.15, 0.2) is 0 Å². The Morgan fingerprint density at radius 2 is 1.90 bits per heavy atom. The van der Waals surface area contributed by atoms with Gasteiger partial charge in [0, 0.05) is 43.1 Å². The third kappa shape index (κ3) is 2.63. The van der Waals surface area contributed by atoms with Crippen molar-refractivity contribution in [2.75, 3.05) is 4.90 Å². The van der Waals surface area contributed by atoms with Crippen molar-refractivity contribution in [2.45, 2.75) is 45.4 Å². The van der Waals surface area contributed by atoms with E-state index in [9.17, 15) is 0 Å². The fourth-order valence-corrected chi connectivity index (χ4v) is 2.82. The van der Waals surface area contributed by atoms with E-state index in [0.717, 1.165) is 37.3 Å². The van der Waals surface area contributed by atoms with Gasteiger partial charge in [-0.2, -0.15) is 0 Å². The molecule has 0 unspecified atom stereocenters. The van der Waals surface area contributed by atoms with Gasteiger partial charge in [-0.3, -0.25) is 0 Å². The van der Waals surface area contributed by atoms with E-state index in [-0.39, 0.29) is 0 Å². The highest BCUT2D eigenvalue weighted by Crippen LogP contribution is 2.26. The van der Waals surface area contributed by atoms with Crippen LogP contribution in [-0.4, -0.2) is 16.0 Å². The monoisotopic (exact) mass is 280 g/mol. The Kier molecular flexibility index (Phi) is 3.11. The molecule has 1 fully saturated rings. The van der Waals surface area contributed by atoms with Crippen molar-refractivity contribution in [1.29, 1.82) is 0 Å². The van der Waals surface area contributed by atoms with Crippen molar-refractivity contribution >= 4 is 5.95 Å². The quantitative estimate of drug-likeness (QED) is 0.934. The van der Waals surface area contributed by atoms with Crippen LogP contribution in [0.25, 0.3) is 0 Å². The minimum Gasteiger partial charge on any atom is -0.332 e. The lowest BCUT2D eigenvalue weighted by Crippen LogP contribution is -2.20. The molecule has 21 heavy (non-hydrogen) atoms. The molecule has 2 heterocycles. The number of aromatic nitrogens is 2. The third-order valence-corrected chi connectivity index (χ3v) is 4.35. The second-order valence-corrected chi connectivity index (χ2v) is 6.06. The lowest BCUT2D eigenvalue weighted by Gasteiger charge is -2.16. The Balaban J connectivity index is 1.50. The zero-order chi connectivity index (χ0) is 14.2. The van der Waals surface area contributed by atoms with Gasteiger partial charge in [-0.15, -0.1) is 0 Å². The van der Waals surface area contributed by atoms with Crippen LogP contribution >= 0.6 is 0 Å². The molecule has 2 aromatic rings. The summed E-state index contributed by atoms with van der Waals surface area (Å²) in [7, 11) is 0.